The predicted octanol–water partition coefficient (Wildman–Crippen LogP) is 4.28. The van der Waals surface area contributed by atoms with Crippen LogP contribution in [-0.2, 0) is 6.42 Å². The Morgan fingerprint density at radius 3 is 2.60 bits per heavy atom. The van der Waals surface area contributed by atoms with E-state index in [2.05, 4.69) is 15.9 Å². The molecule has 158 valence electrons. The van der Waals surface area contributed by atoms with Crippen LogP contribution in [0.15, 0.2) is 34.8 Å². The van der Waals surface area contributed by atoms with Gasteiger partial charge in [0.2, 0.25) is 0 Å². The Morgan fingerprint density at radius 2 is 1.87 bits per heavy atom. The maximum absolute atomic E-state index is 11.4. The molecule has 0 saturated heterocycles. The van der Waals surface area contributed by atoms with Crippen LogP contribution in [-0.4, -0.2) is 38.1 Å². The quantitative estimate of drug-likeness (QED) is 0.715. The maximum Gasteiger partial charge on any atom is 0.164 e. The fourth-order valence-electron chi connectivity index (χ4n) is 4.57. The molecule has 3 unspecified atom stereocenters. The molecule has 7 heteroatoms. The molecule has 6 nitrogen and oxygen atoms in total. The molecule has 0 spiro atoms. The molecule has 3 aliphatic rings. The van der Waals surface area contributed by atoms with Crippen molar-refractivity contribution in [2.45, 2.75) is 37.6 Å². The first kappa shape index (κ1) is 19.6. The minimum Gasteiger partial charge on any atom is -0.493 e. The molecule has 1 N–H and O–H groups in total. The van der Waals surface area contributed by atoms with Crippen LogP contribution in [0, 0.1) is 0 Å². The number of hydrogen-bond donors (Lipinski definition) is 1. The van der Waals surface area contributed by atoms with Crippen LogP contribution in [0.1, 0.15) is 35.6 Å². The summed E-state index contributed by atoms with van der Waals surface area (Å²) in [6, 6.07) is 7.51. The van der Waals surface area contributed by atoms with Gasteiger partial charge in [0, 0.05) is 29.2 Å². The summed E-state index contributed by atoms with van der Waals surface area (Å²) >= 11 is 3.39. The van der Waals surface area contributed by atoms with Gasteiger partial charge in [-0.3, -0.25) is 0 Å². The molecular weight excluding hydrogens is 452 g/mol. The van der Waals surface area contributed by atoms with Gasteiger partial charge in [-0.1, -0.05) is 15.9 Å². The van der Waals surface area contributed by atoms with Crippen LogP contribution in [0.4, 0.5) is 0 Å². The molecule has 30 heavy (non-hydrogen) atoms. The molecule has 5 rings (SSSR count). The molecular formula is C23H23BrO6. The van der Waals surface area contributed by atoms with Gasteiger partial charge in [-0.25, -0.2) is 0 Å². The van der Waals surface area contributed by atoms with Crippen molar-refractivity contribution < 1.29 is 28.8 Å². The lowest BCUT2D eigenvalue weighted by Crippen LogP contribution is -2.42. The number of benzene rings is 2. The van der Waals surface area contributed by atoms with Gasteiger partial charge >= 0.3 is 0 Å². The van der Waals surface area contributed by atoms with Crippen LogP contribution in [0.25, 0.3) is 0 Å². The van der Waals surface area contributed by atoms with Crippen molar-refractivity contribution in [2.24, 2.45) is 0 Å². The fraction of sp³-hybridized carbons (Fsp3) is 0.391. The molecule has 0 aliphatic carbocycles. The molecule has 3 aliphatic heterocycles. The van der Waals surface area contributed by atoms with E-state index in [1.807, 2.05) is 36.2 Å². The number of halogens is 1. The first-order valence-corrected chi connectivity index (χ1v) is 10.8. The van der Waals surface area contributed by atoms with Crippen molar-refractivity contribution in [1.82, 2.24) is 0 Å². The molecule has 2 aromatic rings. The number of aliphatic hydroxyl groups excluding tert-OH is 1. The standard InChI is InChI=1S/C23H23BrO6/c1-11(9-24)16-7-14-15(29-16)5-4-12-22(25)21-13-6-18(26-2)19(27-3)8-17(13)28-10-20(21)30-23(12)14/h4-6,8-9,16,20-22,25H,7,10H2,1-3H3/b11-9+/t16-,20?,21?,22?/m0/s1. The highest BCUT2D eigenvalue weighted by atomic mass is 79.9. The minimum absolute atomic E-state index is 0.0376. The van der Waals surface area contributed by atoms with Crippen LogP contribution < -0.4 is 23.7 Å². The summed E-state index contributed by atoms with van der Waals surface area (Å²) in [5, 5.41) is 11.4. The third-order valence-corrected chi connectivity index (χ3v) is 6.92. The highest BCUT2D eigenvalue weighted by molar-refractivity contribution is 9.11. The maximum atomic E-state index is 11.4. The Morgan fingerprint density at radius 1 is 1.10 bits per heavy atom. The van der Waals surface area contributed by atoms with Crippen LogP contribution >= 0.6 is 15.9 Å². The zero-order chi connectivity index (χ0) is 21.0. The first-order valence-electron chi connectivity index (χ1n) is 9.88. The monoisotopic (exact) mass is 474 g/mol. The van der Waals surface area contributed by atoms with E-state index >= 15 is 0 Å². The predicted molar refractivity (Wildman–Crippen MR) is 114 cm³/mol. The Labute approximate surface area is 183 Å². The largest absolute Gasteiger partial charge is 0.493 e. The van der Waals surface area contributed by atoms with Gasteiger partial charge in [0.05, 0.1) is 26.2 Å². The van der Waals surface area contributed by atoms with Gasteiger partial charge in [0.25, 0.3) is 0 Å². The number of rotatable bonds is 3. The van der Waals surface area contributed by atoms with E-state index in [1.54, 1.807) is 14.2 Å². The van der Waals surface area contributed by atoms with E-state index in [-0.39, 0.29) is 18.1 Å². The van der Waals surface area contributed by atoms with Crippen LogP contribution in [0.3, 0.4) is 0 Å². The summed E-state index contributed by atoms with van der Waals surface area (Å²) in [4.78, 5) is 1.88. The van der Waals surface area contributed by atoms with Crippen molar-refractivity contribution in [3.63, 3.8) is 0 Å². The number of aliphatic hydroxyl groups is 1. The molecule has 2 aromatic carbocycles. The molecule has 0 aromatic heterocycles. The highest BCUT2D eigenvalue weighted by Gasteiger charge is 2.45. The minimum atomic E-state index is -0.725. The van der Waals surface area contributed by atoms with E-state index in [0.717, 1.165) is 33.8 Å². The van der Waals surface area contributed by atoms with Crippen molar-refractivity contribution >= 4 is 15.9 Å². The number of methoxy groups -OCH3 is 2. The summed E-state index contributed by atoms with van der Waals surface area (Å²) in [5.74, 6) is 3.14. The van der Waals surface area contributed by atoms with Crippen molar-refractivity contribution in [3.05, 3.63) is 51.5 Å². The number of hydrogen-bond acceptors (Lipinski definition) is 6. The second-order valence-electron chi connectivity index (χ2n) is 7.81. The summed E-state index contributed by atoms with van der Waals surface area (Å²) in [7, 11) is 3.19. The number of fused-ring (bicyclic) bond motifs is 6. The van der Waals surface area contributed by atoms with Crippen molar-refractivity contribution in [3.8, 4) is 28.7 Å². The second kappa shape index (κ2) is 7.39. The Balaban J connectivity index is 1.55. The third kappa shape index (κ3) is 2.87. The van der Waals surface area contributed by atoms with Gasteiger partial charge in [-0.2, -0.15) is 0 Å². The molecule has 4 atom stereocenters. The topological polar surface area (TPSA) is 66.4 Å². The van der Waals surface area contributed by atoms with E-state index in [0.29, 0.717) is 30.3 Å². The fourth-order valence-corrected chi connectivity index (χ4v) is 4.87. The average Bonchev–Trinajstić information content (AvgIpc) is 3.22. The summed E-state index contributed by atoms with van der Waals surface area (Å²) in [6.45, 7) is 2.37. The zero-order valence-corrected chi connectivity index (χ0v) is 18.6. The molecule has 0 saturated carbocycles. The van der Waals surface area contributed by atoms with Crippen molar-refractivity contribution in [1.29, 1.82) is 0 Å². The van der Waals surface area contributed by atoms with Crippen molar-refractivity contribution in [2.75, 3.05) is 20.8 Å². The van der Waals surface area contributed by atoms with E-state index in [4.69, 9.17) is 23.7 Å². The van der Waals surface area contributed by atoms with E-state index in [9.17, 15) is 5.11 Å². The van der Waals surface area contributed by atoms with E-state index < -0.39 is 6.10 Å². The summed E-state index contributed by atoms with van der Waals surface area (Å²) in [6.07, 6.45) is -0.364. The van der Waals surface area contributed by atoms with Crippen LogP contribution in [0.2, 0.25) is 0 Å². The van der Waals surface area contributed by atoms with Gasteiger partial charge in [0.1, 0.15) is 36.1 Å². The lowest BCUT2D eigenvalue weighted by Gasteiger charge is -2.41. The van der Waals surface area contributed by atoms with E-state index in [1.165, 1.54) is 0 Å². The van der Waals surface area contributed by atoms with Gasteiger partial charge in [-0.05, 0) is 35.7 Å². The average molecular weight is 475 g/mol. The molecule has 0 fully saturated rings. The Bertz CT molecular complexity index is 1030. The highest BCUT2D eigenvalue weighted by Crippen LogP contribution is 2.53. The lowest BCUT2D eigenvalue weighted by molar-refractivity contribution is 0.000791. The second-order valence-corrected chi connectivity index (χ2v) is 8.27. The van der Waals surface area contributed by atoms with Gasteiger partial charge < -0.3 is 28.8 Å². The Hall–Kier alpha value is -2.38. The van der Waals surface area contributed by atoms with Gasteiger partial charge in [0.15, 0.2) is 11.5 Å². The molecule has 0 bridgehead atoms. The smallest absolute Gasteiger partial charge is 0.164 e. The summed E-state index contributed by atoms with van der Waals surface area (Å²) < 4.78 is 29.3. The molecule has 0 amide bonds. The van der Waals surface area contributed by atoms with Crippen LogP contribution in [0.5, 0.6) is 28.7 Å². The molecule has 3 heterocycles. The zero-order valence-electron chi connectivity index (χ0n) is 17.0. The third-order valence-electron chi connectivity index (χ3n) is 6.19. The number of ether oxygens (including phenoxy) is 5. The van der Waals surface area contributed by atoms with Gasteiger partial charge in [-0.15, -0.1) is 0 Å². The Kier molecular flexibility index (Phi) is 4.82. The summed E-state index contributed by atoms with van der Waals surface area (Å²) in [5.41, 5.74) is 3.74. The lowest BCUT2D eigenvalue weighted by atomic mass is 9.80. The normalized spacial score (nSPS) is 26.2. The molecule has 0 radical (unpaired) electrons. The first-order chi connectivity index (χ1) is 14.5. The SMILES string of the molecule is COc1cc2c(cc1OC)C1C(CO2)Oc2c(ccc3c2C[C@@H](/C(C)=C/Br)O3)C1O.